The second kappa shape index (κ2) is 8.28. The Morgan fingerprint density at radius 3 is 1.59 bits per heavy atom. The van der Waals surface area contributed by atoms with Gasteiger partial charge in [0.2, 0.25) is 9.84 Å². The fraction of sp³-hybridized carbons (Fsp3) is 0.0370. The first kappa shape index (κ1) is 21.6. The maximum absolute atomic E-state index is 13.3. The Bertz CT molecular complexity index is 1540. The SMILES string of the molecule is Cc1ccc(C(=O)Nc2ccc3c(c2)S(=O)(=O)c2cc(NC(=O)c4ccccc4)ccc2-3)cc1. The Balaban J connectivity index is 1.42. The molecule has 0 atom stereocenters. The molecule has 4 aromatic rings. The third kappa shape index (κ3) is 3.86. The van der Waals surface area contributed by atoms with Gasteiger partial charge in [0.15, 0.2) is 0 Å². The molecular weight excluding hydrogens is 448 g/mol. The van der Waals surface area contributed by atoms with Gasteiger partial charge in [-0.1, -0.05) is 48.0 Å². The van der Waals surface area contributed by atoms with Gasteiger partial charge in [-0.05, 0) is 55.5 Å². The molecule has 34 heavy (non-hydrogen) atoms. The minimum absolute atomic E-state index is 0.121. The van der Waals surface area contributed by atoms with Crippen molar-refractivity contribution in [3.63, 3.8) is 0 Å². The van der Waals surface area contributed by atoms with E-state index < -0.39 is 9.84 Å². The number of sulfone groups is 1. The number of amides is 2. The molecule has 0 saturated heterocycles. The molecule has 0 fully saturated rings. The molecule has 0 aromatic heterocycles. The van der Waals surface area contributed by atoms with E-state index in [2.05, 4.69) is 10.6 Å². The average molecular weight is 469 g/mol. The number of fused-ring (bicyclic) bond motifs is 3. The summed E-state index contributed by atoms with van der Waals surface area (Å²) in [5, 5.41) is 5.52. The zero-order chi connectivity index (χ0) is 23.9. The highest BCUT2D eigenvalue weighted by Crippen LogP contribution is 2.45. The Morgan fingerprint density at radius 1 is 0.618 bits per heavy atom. The van der Waals surface area contributed by atoms with Crippen molar-refractivity contribution in [2.45, 2.75) is 16.7 Å². The quantitative estimate of drug-likeness (QED) is 0.374. The van der Waals surface area contributed by atoms with Crippen LogP contribution in [-0.4, -0.2) is 20.2 Å². The number of anilines is 2. The molecule has 7 heteroatoms. The maximum Gasteiger partial charge on any atom is 0.255 e. The number of nitrogens with one attached hydrogen (secondary N) is 2. The summed E-state index contributed by atoms with van der Waals surface area (Å²) in [5.74, 6) is -0.645. The van der Waals surface area contributed by atoms with Crippen LogP contribution in [0, 0.1) is 6.92 Å². The van der Waals surface area contributed by atoms with E-state index in [1.807, 2.05) is 25.1 Å². The molecule has 5 rings (SSSR count). The summed E-state index contributed by atoms with van der Waals surface area (Å²) < 4.78 is 26.6. The van der Waals surface area contributed by atoms with Crippen LogP contribution in [0.4, 0.5) is 11.4 Å². The first-order valence-corrected chi connectivity index (χ1v) is 12.1. The van der Waals surface area contributed by atoms with Crippen molar-refractivity contribution >= 4 is 33.0 Å². The molecule has 1 heterocycles. The first-order chi connectivity index (χ1) is 16.3. The highest BCUT2D eigenvalue weighted by Gasteiger charge is 2.33. The van der Waals surface area contributed by atoms with Gasteiger partial charge in [0, 0.05) is 33.6 Å². The molecule has 2 N–H and O–H groups in total. The van der Waals surface area contributed by atoms with Crippen molar-refractivity contribution in [1.29, 1.82) is 0 Å². The standard InChI is InChI=1S/C27H20N2O4S/c1-17-7-9-19(10-8-17)27(31)29-21-12-14-23-22-13-11-20(15-24(22)34(32,33)25(23)16-21)28-26(30)18-5-3-2-4-6-18/h2-16H,1H3,(H,28,30)(H,29,31). The molecule has 0 bridgehead atoms. The van der Waals surface area contributed by atoms with Crippen molar-refractivity contribution in [2.24, 2.45) is 0 Å². The van der Waals surface area contributed by atoms with E-state index in [9.17, 15) is 18.0 Å². The van der Waals surface area contributed by atoms with Crippen molar-refractivity contribution in [3.8, 4) is 11.1 Å². The van der Waals surface area contributed by atoms with Crippen LogP contribution in [-0.2, 0) is 9.84 Å². The summed E-state index contributed by atoms with van der Waals surface area (Å²) in [5.41, 5.74) is 3.89. The molecule has 0 aliphatic carbocycles. The minimum Gasteiger partial charge on any atom is -0.322 e. The van der Waals surface area contributed by atoms with E-state index in [4.69, 9.17) is 0 Å². The lowest BCUT2D eigenvalue weighted by Gasteiger charge is -2.08. The lowest BCUT2D eigenvalue weighted by molar-refractivity contribution is 0.101. The predicted molar refractivity (Wildman–Crippen MR) is 131 cm³/mol. The summed E-state index contributed by atoms with van der Waals surface area (Å²) in [6, 6.07) is 25.5. The lowest BCUT2D eigenvalue weighted by Crippen LogP contribution is -2.12. The zero-order valence-electron chi connectivity index (χ0n) is 18.2. The summed E-state index contributed by atoms with van der Waals surface area (Å²) in [6.45, 7) is 1.93. The van der Waals surface area contributed by atoms with Crippen LogP contribution < -0.4 is 10.6 Å². The zero-order valence-corrected chi connectivity index (χ0v) is 19.0. The van der Waals surface area contributed by atoms with Crippen molar-refractivity contribution < 1.29 is 18.0 Å². The van der Waals surface area contributed by atoms with Gasteiger partial charge in [-0.25, -0.2) is 8.42 Å². The van der Waals surface area contributed by atoms with Crippen LogP contribution >= 0.6 is 0 Å². The van der Waals surface area contributed by atoms with E-state index in [0.29, 0.717) is 33.6 Å². The number of benzene rings is 4. The number of hydrogen-bond acceptors (Lipinski definition) is 4. The molecule has 0 saturated carbocycles. The van der Waals surface area contributed by atoms with Gasteiger partial charge in [-0.2, -0.15) is 0 Å². The second-order valence-electron chi connectivity index (χ2n) is 8.07. The summed E-state index contributed by atoms with van der Waals surface area (Å²) in [4.78, 5) is 25.3. The maximum atomic E-state index is 13.3. The normalized spacial score (nSPS) is 13.0. The van der Waals surface area contributed by atoms with Gasteiger partial charge in [0.1, 0.15) is 0 Å². The minimum atomic E-state index is -3.82. The Morgan fingerprint density at radius 2 is 1.09 bits per heavy atom. The van der Waals surface area contributed by atoms with Crippen molar-refractivity contribution in [1.82, 2.24) is 0 Å². The van der Waals surface area contributed by atoms with Crippen molar-refractivity contribution in [2.75, 3.05) is 10.6 Å². The van der Waals surface area contributed by atoms with Crippen LogP contribution in [0.5, 0.6) is 0 Å². The van der Waals surface area contributed by atoms with Gasteiger partial charge >= 0.3 is 0 Å². The van der Waals surface area contributed by atoms with Crippen LogP contribution in [0.25, 0.3) is 11.1 Å². The molecule has 6 nitrogen and oxygen atoms in total. The number of rotatable bonds is 4. The number of carbonyl (C=O) groups excluding carboxylic acids is 2. The number of hydrogen-bond donors (Lipinski definition) is 2. The highest BCUT2D eigenvalue weighted by atomic mass is 32.2. The monoisotopic (exact) mass is 468 g/mol. The smallest absolute Gasteiger partial charge is 0.255 e. The van der Waals surface area contributed by atoms with E-state index in [0.717, 1.165) is 5.56 Å². The van der Waals surface area contributed by atoms with Gasteiger partial charge in [0.25, 0.3) is 11.8 Å². The molecule has 168 valence electrons. The van der Waals surface area contributed by atoms with Crippen LogP contribution in [0.2, 0.25) is 0 Å². The van der Waals surface area contributed by atoms with Crippen molar-refractivity contribution in [3.05, 3.63) is 108 Å². The molecule has 1 aliphatic heterocycles. The third-order valence-corrected chi connectivity index (χ3v) is 7.53. The summed E-state index contributed by atoms with van der Waals surface area (Å²) in [7, 11) is -3.82. The molecular formula is C27H20N2O4S. The van der Waals surface area contributed by atoms with Gasteiger partial charge in [-0.3, -0.25) is 9.59 Å². The highest BCUT2D eigenvalue weighted by molar-refractivity contribution is 7.92. The predicted octanol–water partition coefficient (Wildman–Crippen LogP) is 5.31. The van der Waals surface area contributed by atoms with Gasteiger partial charge in [-0.15, -0.1) is 0 Å². The average Bonchev–Trinajstić information content (AvgIpc) is 3.06. The Kier molecular flexibility index (Phi) is 5.26. The molecule has 4 aromatic carbocycles. The van der Waals surface area contributed by atoms with E-state index >= 15 is 0 Å². The first-order valence-electron chi connectivity index (χ1n) is 10.6. The van der Waals surface area contributed by atoms with Crippen LogP contribution in [0.3, 0.4) is 0 Å². The molecule has 1 aliphatic rings. The number of carbonyl (C=O) groups is 2. The molecule has 0 unspecified atom stereocenters. The molecule has 2 amide bonds. The van der Waals surface area contributed by atoms with Gasteiger partial charge in [0.05, 0.1) is 9.79 Å². The number of aryl methyl sites for hydroxylation is 1. The molecule has 0 radical (unpaired) electrons. The Hall–Kier alpha value is -4.23. The Labute approximate surface area is 197 Å². The largest absolute Gasteiger partial charge is 0.322 e. The fourth-order valence-electron chi connectivity index (χ4n) is 3.91. The fourth-order valence-corrected chi connectivity index (χ4v) is 5.65. The topological polar surface area (TPSA) is 92.3 Å². The van der Waals surface area contributed by atoms with E-state index in [1.54, 1.807) is 60.7 Å². The third-order valence-electron chi connectivity index (χ3n) is 5.70. The van der Waals surface area contributed by atoms with Gasteiger partial charge < -0.3 is 10.6 Å². The lowest BCUT2D eigenvalue weighted by atomic mass is 10.0. The van der Waals surface area contributed by atoms with E-state index in [-0.39, 0.29) is 21.6 Å². The summed E-state index contributed by atoms with van der Waals surface area (Å²) in [6.07, 6.45) is 0. The van der Waals surface area contributed by atoms with Crippen LogP contribution in [0.15, 0.2) is 101 Å². The second-order valence-corrected chi connectivity index (χ2v) is 9.95. The van der Waals surface area contributed by atoms with E-state index in [1.165, 1.54) is 12.1 Å². The van der Waals surface area contributed by atoms with Crippen LogP contribution in [0.1, 0.15) is 26.3 Å². The summed E-state index contributed by atoms with van der Waals surface area (Å²) >= 11 is 0. The molecule has 0 spiro atoms.